The van der Waals surface area contributed by atoms with Crippen LogP contribution in [0.15, 0.2) is 66.7 Å². The van der Waals surface area contributed by atoms with Gasteiger partial charge in [0.15, 0.2) is 0 Å². The lowest BCUT2D eigenvalue weighted by atomic mass is 9.80. The van der Waals surface area contributed by atoms with Crippen molar-refractivity contribution in [1.29, 1.82) is 0 Å². The molecule has 0 amide bonds. The van der Waals surface area contributed by atoms with Gasteiger partial charge in [-0.3, -0.25) is 9.35 Å². The molecule has 1 N–H and O–H groups in total. The third kappa shape index (κ3) is 6.62. The van der Waals surface area contributed by atoms with Crippen molar-refractivity contribution in [2.45, 2.75) is 82.3 Å². The molecule has 0 bridgehead atoms. The van der Waals surface area contributed by atoms with Crippen LogP contribution in [0.4, 0.5) is 0 Å². The predicted octanol–water partition coefficient (Wildman–Crippen LogP) is 7.68. The molecule has 6 rings (SSSR count). The molecule has 38 heavy (non-hydrogen) atoms. The van der Waals surface area contributed by atoms with Gasteiger partial charge in [-0.2, -0.15) is 8.42 Å². The highest BCUT2D eigenvalue weighted by atomic mass is 32.2. The Balaban J connectivity index is 0.000000156. The van der Waals surface area contributed by atoms with Crippen LogP contribution in [0.3, 0.4) is 0 Å². The zero-order valence-corrected chi connectivity index (χ0v) is 22.9. The molecule has 3 aromatic rings. The summed E-state index contributed by atoms with van der Waals surface area (Å²) in [5.74, 6) is 1.08. The summed E-state index contributed by atoms with van der Waals surface area (Å²) in [5.41, 5.74) is 8.70. The number of carbonyl (C=O) groups excluding carboxylic acids is 1. The number of carbonyl (C=O) groups is 1. The van der Waals surface area contributed by atoms with Crippen LogP contribution < -0.4 is 0 Å². The predicted molar refractivity (Wildman–Crippen MR) is 153 cm³/mol. The zero-order valence-electron chi connectivity index (χ0n) is 22.1. The lowest BCUT2D eigenvalue weighted by Crippen LogP contribution is -2.18. The Morgan fingerprint density at radius 2 is 1.42 bits per heavy atom. The largest absolute Gasteiger partial charge is 0.299 e. The Morgan fingerprint density at radius 1 is 0.737 bits per heavy atom. The SMILES string of the molecule is O=C1CCCCC1c1cccc2c1Cc1ccccc1-2.O=S(=O)(O)Cc1ccc(CC2CCCCC2)cc1. The molecule has 1 atom stereocenters. The maximum Gasteiger partial charge on any atom is 0.269 e. The van der Waals surface area contributed by atoms with E-state index in [4.69, 9.17) is 4.55 Å². The molecule has 3 aromatic carbocycles. The number of hydrogen-bond donors (Lipinski definition) is 1. The molecule has 0 saturated heterocycles. The van der Waals surface area contributed by atoms with Gasteiger partial charge in [-0.05, 0) is 70.5 Å². The van der Waals surface area contributed by atoms with Gasteiger partial charge in [0, 0.05) is 12.3 Å². The van der Waals surface area contributed by atoms with E-state index in [2.05, 4.69) is 42.5 Å². The van der Waals surface area contributed by atoms with Gasteiger partial charge < -0.3 is 0 Å². The van der Waals surface area contributed by atoms with E-state index in [0.29, 0.717) is 11.3 Å². The summed E-state index contributed by atoms with van der Waals surface area (Å²) in [4.78, 5) is 12.3. The minimum absolute atomic E-state index is 0.146. The van der Waals surface area contributed by atoms with E-state index in [0.717, 1.165) is 38.0 Å². The van der Waals surface area contributed by atoms with Crippen LogP contribution in [0.25, 0.3) is 11.1 Å². The van der Waals surface area contributed by atoms with Gasteiger partial charge in [0.2, 0.25) is 0 Å². The lowest BCUT2D eigenvalue weighted by molar-refractivity contribution is -0.121. The average molecular weight is 531 g/mol. The minimum atomic E-state index is -3.92. The molecule has 1 unspecified atom stereocenters. The number of Topliss-reactive ketones (excluding diaryl/α,β-unsaturated/α-hetero) is 1. The minimum Gasteiger partial charge on any atom is -0.299 e. The van der Waals surface area contributed by atoms with E-state index in [1.165, 1.54) is 71.9 Å². The number of ketones is 1. The molecular formula is C33H38O4S. The third-order valence-corrected chi connectivity index (χ3v) is 9.14. The first-order valence-corrected chi connectivity index (χ1v) is 15.7. The summed E-state index contributed by atoms with van der Waals surface area (Å²) in [6.07, 6.45) is 12.8. The van der Waals surface area contributed by atoms with Crippen molar-refractivity contribution in [2.75, 3.05) is 0 Å². The second-order valence-corrected chi connectivity index (χ2v) is 12.7. The molecule has 0 heterocycles. The van der Waals surface area contributed by atoms with E-state index >= 15 is 0 Å². The first kappa shape index (κ1) is 26.8. The van der Waals surface area contributed by atoms with Gasteiger partial charge in [0.1, 0.15) is 11.5 Å². The van der Waals surface area contributed by atoms with Crippen molar-refractivity contribution in [3.8, 4) is 11.1 Å². The lowest BCUT2D eigenvalue weighted by Gasteiger charge is -2.23. The Bertz CT molecular complexity index is 1370. The standard InChI is InChI=1S/C19H18O.C14H20O3S/c20-19-11-4-3-8-17(19)16-10-5-9-15-14-7-2-1-6-13(14)12-18(15)16;15-18(16,17)11-14-8-6-13(7-9-14)10-12-4-2-1-3-5-12/h1-2,5-7,9-10,17H,3-4,8,11-12H2;6-9,12H,1-5,10-11H2,(H,15,16,17). The van der Waals surface area contributed by atoms with Crippen molar-refractivity contribution in [2.24, 2.45) is 5.92 Å². The molecule has 5 heteroatoms. The Morgan fingerprint density at radius 3 is 2.16 bits per heavy atom. The second-order valence-electron chi connectivity index (χ2n) is 11.2. The molecule has 4 nitrogen and oxygen atoms in total. The van der Waals surface area contributed by atoms with E-state index in [9.17, 15) is 13.2 Å². The van der Waals surface area contributed by atoms with E-state index in [1.54, 1.807) is 12.1 Å². The van der Waals surface area contributed by atoms with Crippen LogP contribution in [0, 0.1) is 5.92 Å². The topological polar surface area (TPSA) is 71.4 Å². The molecule has 0 aromatic heterocycles. The fourth-order valence-electron chi connectivity index (χ4n) is 6.53. The number of fused-ring (bicyclic) bond motifs is 3. The van der Waals surface area contributed by atoms with Gasteiger partial charge in [0.25, 0.3) is 10.1 Å². The molecule has 3 aliphatic carbocycles. The Labute approximate surface area is 227 Å². The third-order valence-electron chi connectivity index (χ3n) is 8.44. The zero-order chi connectivity index (χ0) is 26.5. The van der Waals surface area contributed by atoms with Crippen LogP contribution in [-0.4, -0.2) is 18.8 Å². The summed E-state index contributed by atoms with van der Waals surface area (Å²) in [6.45, 7) is 0. The molecule has 200 valence electrons. The van der Waals surface area contributed by atoms with Crippen LogP contribution in [0.5, 0.6) is 0 Å². The average Bonchev–Trinajstić information content (AvgIpc) is 3.30. The summed E-state index contributed by atoms with van der Waals surface area (Å²) < 4.78 is 30.3. The monoisotopic (exact) mass is 530 g/mol. The fourth-order valence-corrected chi connectivity index (χ4v) is 7.14. The van der Waals surface area contributed by atoms with Gasteiger partial charge in [0.05, 0.1) is 0 Å². The smallest absolute Gasteiger partial charge is 0.269 e. The second kappa shape index (κ2) is 12.0. The molecule has 0 aliphatic heterocycles. The quantitative estimate of drug-likeness (QED) is 0.269. The summed E-state index contributed by atoms with van der Waals surface area (Å²) in [6, 6.07) is 22.7. The number of rotatable bonds is 5. The van der Waals surface area contributed by atoms with Crippen LogP contribution >= 0.6 is 0 Å². The highest BCUT2D eigenvalue weighted by Crippen LogP contribution is 2.42. The molecule has 3 aliphatic rings. The maximum absolute atomic E-state index is 12.3. The Kier molecular flexibility index (Phi) is 8.45. The summed E-state index contributed by atoms with van der Waals surface area (Å²) in [7, 11) is -3.92. The maximum atomic E-state index is 12.3. The number of benzene rings is 3. The van der Waals surface area contributed by atoms with E-state index in [1.807, 2.05) is 12.1 Å². The van der Waals surface area contributed by atoms with Crippen molar-refractivity contribution in [3.05, 3.63) is 94.5 Å². The molecule has 0 spiro atoms. The van der Waals surface area contributed by atoms with Crippen molar-refractivity contribution >= 4 is 15.9 Å². The molecule has 0 radical (unpaired) electrons. The van der Waals surface area contributed by atoms with Crippen LogP contribution in [0.2, 0.25) is 0 Å². The van der Waals surface area contributed by atoms with Crippen LogP contribution in [0.1, 0.15) is 91.5 Å². The first-order valence-electron chi connectivity index (χ1n) is 14.1. The van der Waals surface area contributed by atoms with E-state index < -0.39 is 10.1 Å². The van der Waals surface area contributed by atoms with E-state index in [-0.39, 0.29) is 11.7 Å². The van der Waals surface area contributed by atoms with Crippen molar-refractivity contribution < 1.29 is 17.8 Å². The molecular weight excluding hydrogens is 492 g/mol. The van der Waals surface area contributed by atoms with Gasteiger partial charge in [-0.25, -0.2) is 0 Å². The first-order chi connectivity index (χ1) is 18.4. The van der Waals surface area contributed by atoms with Crippen molar-refractivity contribution in [3.63, 3.8) is 0 Å². The highest BCUT2D eigenvalue weighted by molar-refractivity contribution is 7.85. The highest BCUT2D eigenvalue weighted by Gasteiger charge is 2.29. The van der Waals surface area contributed by atoms with Gasteiger partial charge in [-0.1, -0.05) is 105 Å². The summed E-state index contributed by atoms with van der Waals surface area (Å²) >= 11 is 0. The van der Waals surface area contributed by atoms with Gasteiger partial charge in [-0.15, -0.1) is 0 Å². The molecule has 2 fully saturated rings. The fraction of sp³-hybridized carbons (Fsp3) is 0.424. The molecule has 2 saturated carbocycles. The number of hydrogen-bond acceptors (Lipinski definition) is 3. The van der Waals surface area contributed by atoms with Crippen LogP contribution in [-0.2, 0) is 33.5 Å². The Hall–Kier alpha value is -2.76. The normalized spacial score (nSPS) is 19.3. The van der Waals surface area contributed by atoms with Crippen molar-refractivity contribution in [1.82, 2.24) is 0 Å². The van der Waals surface area contributed by atoms with Gasteiger partial charge >= 0.3 is 0 Å². The summed E-state index contributed by atoms with van der Waals surface area (Å²) in [5, 5.41) is 0.